The standard InChI is InChI=1S/C27H40N4O6/c1-26(2,3)20-9-11-22(12-10-20)29-13-15-30(16-14-29)24(33)37-25(34)31-17-18-36-19-27(31,23(32)28-35)21-7-5-4-6-8-21/h9-12,21,35H,4-8,13-19H2,1-3H3,(H,28,32). The van der Waals surface area contributed by atoms with E-state index in [1.54, 1.807) is 5.48 Å². The number of hydrogen-bond donors (Lipinski definition) is 2. The zero-order valence-corrected chi connectivity index (χ0v) is 22.2. The van der Waals surface area contributed by atoms with E-state index >= 15 is 0 Å². The number of piperazine rings is 1. The Balaban J connectivity index is 1.39. The predicted molar refractivity (Wildman–Crippen MR) is 138 cm³/mol. The fourth-order valence-corrected chi connectivity index (χ4v) is 5.82. The minimum atomic E-state index is -1.40. The molecule has 1 aromatic carbocycles. The van der Waals surface area contributed by atoms with E-state index in [4.69, 9.17) is 9.47 Å². The fourth-order valence-electron chi connectivity index (χ4n) is 5.82. The highest BCUT2D eigenvalue weighted by atomic mass is 16.6. The molecule has 10 nitrogen and oxygen atoms in total. The Labute approximate surface area is 218 Å². The molecule has 2 aliphatic heterocycles. The van der Waals surface area contributed by atoms with Gasteiger partial charge in [-0.3, -0.25) is 14.9 Å². The second-order valence-electron chi connectivity index (χ2n) is 11.3. The number of morpholine rings is 1. The van der Waals surface area contributed by atoms with E-state index in [9.17, 15) is 19.6 Å². The van der Waals surface area contributed by atoms with Crippen molar-refractivity contribution in [2.75, 3.05) is 50.8 Å². The quantitative estimate of drug-likeness (QED) is 0.359. The average Bonchev–Trinajstić information content (AvgIpc) is 2.92. The van der Waals surface area contributed by atoms with Crippen molar-refractivity contribution in [3.05, 3.63) is 29.8 Å². The van der Waals surface area contributed by atoms with Gasteiger partial charge in [0, 0.05) is 38.4 Å². The second kappa shape index (κ2) is 11.3. The number of carbonyl (C=O) groups excluding carboxylic acids is 3. The van der Waals surface area contributed by atoms with Crippen molar-refractivity contribution in [1.29, 1.82) is 0 Å². The van der Waals surface area contributed by atoms with Crippen molar-refractivity contribution in [1.82, 2.24) is 15.3 Å². The van der Waals surface area contributed by atoms with E-state index in [0.717, 1.165) is 37.8 Å². The molecule has 1 aromatic rings. The van der Waals surface area contributed by atoms with Crippen LogP contribution in [-0.4, -0.2) is 84.6 Å². The van der Waals surface area contributed by atoms with Gasteiger partial charge in [0.1, 0.15) is 0 Å². The highest BCUT2D eigenvalue weighted by molar-refractivity contribution is 5.92. The van der Waals surface area contributed by atoms with Crippen LogP contribution in [0.2, 0.25) is 0 Å². The Morgan fingerprint density at radius 2 is 1.62 bits per heavy atom. The molecular weight excluding hydrogens is 476 g/mol. The van der Waals surface area contributed by atoms with E-state index in [-0.39, 0.29) is 31.1 Å². The van der Waals surface area contributed by atoms with Crippen LogP contribution in [0, 0.1) is 5.92 Å². The first kappa shape index (κ1) is 27.2. The maximum Gasteiger partial charge on any atom is 0.419 e. The van der Waals surface area contributed by atoms with Crippen LogP contribution in [0.25, 0.3) is 0 Å². The van der Waals surface area contributed by atoms with Crippen LogP contribution in [0.3, 0.4) is 0 Å². The Hall–Kier alpha value is -2.85. The molecule has 10 heteroatoms. The summed E-state index contributed by atoms with van der Waals surface area (Å²) in [5.74, 6) is -0.890. The number of ether oxygens (including phenoxy) is 2. The summed E-state index contributed by atoms with van der Waals surface area (Å²) < 4.78 is 10.9. The lowest BCUT2D eigenvalue weighted by atomic mass is 9.73. The highest BCUT2D eigenvalue weighted by Gasteiger charge is 2.55. The van der Waals surface area contributed by atoms with Crippen LogP contribution in [-0.2, 0) is 19.7 Å². The summed E-state index contributed by atoms with van der Waals surface area (Å²) in [6.07, 6.45) is 2.78. The van der Waals surface area contributed by atoms with E-state index in [1.807, 2.05) is 0 Å². The lowest BCUT2D eigenvalue weighted by Gasteiger charge is -2.49. The van der Waals surface area contributed by atoms with Crippen molar-refractivity contribution in [2.45, 2.75) is 63.8 Å². The summed E-state index contributed by atoms with van der Waals surface area (Å²) in [5, 5.41) is 9.53. The summed E-state index contributed by atoms with van der Waals surface area (Å²) >= 11 is 0. The molecule has 3 fully saturated rings. The van der Waals surface area contributed by atoms with E-state index in [1.165, 1.54) is 15.4 Å². The van der Waals surface area contributed by atoms with Gasteiger partial charge in [0.05, 0.1) is 13.2 Å². The van der Waals surface area contributed by atoms with Gasteiger partial charge < -0.3 is 19.3 Å². The summed E-state index contributed by atoms with van der Waals surface area (Å²) in [6, 6.07) is 8.48. The van der Waals surface area contributed by atoms with E-state index in [0.29, 0.717) is 26.2 Å². The minimum Gasteiger partial charge on any atom is -0.377 e. The van der Waals surface area contributed by atoms with Crippen molar-refractivity contribution in [3.8, 4) is 0 Å². The van der Waals surface area contributed by atoms with Gasteiger partial charge >= 0.3 is 12.2 Å². The Morgan fingerprint density at radius 1 is 0.973 bits per heavy atom. The molecule has 3 amide bonds. The molecule has 1 unspecified atom stereocenters. The molecule has 2 heterocycles. The first-order valence-corrected chi connectivity index (χ1v) is 13.3. The number of nitrogens with one attached hydrogen (secondary N) is 1. The zero-order valence-electron chi connectivity index (χ0n) is 22.2. The Bertz CT molecular complexity index is 964. The normalized spacial score (nSPS) is 23.5. The summed E-state index contributed by atoms with van der Waals surface area (Å²) in [6.45, 7) is 8.91. The fraction of sp³-hybridized carbons (Fsp3) is 0.667. The Kier molecular flexibility index (Phi) is 8.28. The molecule has 0 spiro atoms. The predicted octanol–water partition coefficient (Wildman–Crippen LogP) is 3.52. The second-order valence-corrected chi connectivity index (χ2v) is 11.3. The third-order valence-electron chi connectivity index (χ3n) is 8.07. The van der Waals surface area contributed by atoms with E-state index in [2.05, 4.69) is 49.9 Å². The number of anilines is 1. The number of rotatable bonds is 3. The minimum absolute atomic E-state index is 0.0416. The van der Waals surface area contributed by atoms with Gasteiger partial charge in [-0.1, -0.05) is 52.2 Å². The molecule has 0 aromatic heterocycles. The summed E-state index contributed by atoms with van der Waals surface area (Å²) in [7, 11) is 0. The van der Waals surface area contributed by atoms with Crippen molar-refractivity contribution in [3.63, 3.8) is 0 Å². The molecule has 3 aliphatic rings. The smallest absolute Gasteiger partial charge is 0.377 e. The third-order valence-corrected chi connectivity index (χ3v) is 8.07. The van der Waals surface area contributed by atoms with Crippen LogP contribution in [0.15, 0.2) is 24.3 Å². The van der Waals surface area contributed by atoms with Crippen molar-refractivity contribution < 1.29 is 29.1 Å². The zero-order chi connectivity index (χ0) is 26.6. The van der Waals surface area contributed by atoms with Gasteiger partial charge in [0.15, 0.2) is 5.54 Å². The van der Waals surface area contributed by atoms with Crippen LogP contribution in [0.1, 0.15) is 58.4 Å². The maximum absolute atomic E-state index is 13.3. The molecule has 204 valence electrons. The first-order chi connectivity index (χ1) is 17.7. The molecule has 2 saturated heterocycles. The van der Waals surface area contributed by atoms with Crippen LogP contribution in [0.5, 0.6) is 0 Å². The van der Waals surface area contributed by atoms with E-state index < -0.39 is 23.6 Å². The number of hydroxylamine groups is 1. The highest BCUT2D eigenvalue weighted by Crippen LogP contribution is 2.39. The van der Waals surface area contributed by atoms with Gasteiger partial charge in [0.2, 0.25) is 0 Å². The number of amides is 3. The summed E-state index contributed by atoms with van der Waals surface area (Å²) in [4.78, 5) is 44.2. The van der Waals surface area contributed by atoms with Crippen LogP contribution in [0.4, 0.5) is 15.3 Å². The van der Waals surface area contributed by atoms with Gasteiger partial charge in [-0.15, -0.1) is 0 Å². The number of nitrogens with zero attached hydrogens (tertiary/aromatic N) is 3. The van der Waals surface area contributed by atoms with Crippen LogP contribution < -0.4 is 10.4 Å². The molecule has 0 radical (unpaired) electrons. The van der Waals surface area contributed by atoms with Gasteiger partial charge in [-0.25, -0.2) is 15.1 Å². The number of benzene rings is 1. The third kappa shape index (κ3) is 5.70. The molecule has 1 atom stereocenters. The number of hydrogen-bond acceptors (Lipinski definition) is 7. The van der Waals surface area contributed by atoms with Gasteiger partial charge in [-0.05, 0) is 41.9 Å². The molecule has 0 bridgehead atoms. The Morgan fingerprint density at radius 3 is 2.22 bits per heavy atom. The lowest BCUT2D eigenvalue weighted by molar-refractivity contribution is -0.160. The SMILES string of the molecule is CC(C)(C)c1ccc(N2CCN(C(=O)OC(=O)N3CCOCC3(C(=O)NO)C3CCCCC3)CC2)cc1. The van der Waals surface area contributed by atoms with Gasteiger partial charge in [-0.2, -0.15) is 0 Å². The molecule has 1 saturated carbocycles. The topological polar surface area (TPSA) is 112 Å². The monoisotopic (exact) mass is 516 g/mol. The van der Waals surface area contributed by atoms with Gasteiger partial charge in [0.25, 0.3) is 5.91 Å². The van der Waals surface area contributed by atoms with Crippen molar-refractivity contribution in [2.24, 2.45) is 5.92 Å². The summed E-state index contributed by atoms with van der Waals surface area (Å²) in [5.41, 5.74) is 2.78. The van der Waals surface area contributed by atoms with Crippen LogP contribution >= 0.6 is 0 Å². The average molecular weight is 517 g/mol. The van der Waals surface area contributed by atoms with Crippen molar-refractivity contribution >= 4 is 23.8 Å². The molecule has 4 rings (SSSR count). The maximum atomic E-state index is 13.3. The molecule has 1 aliphatic carbocycles. The molecule has 2 N–H and O–H groups in total. The largest absolute Gasteiger partial charge is 0.419 e. The molecular formula is C27H40N4O6. The first-order valence-electron chi connectivity index (χ1n) is 13.3. The number of carbonyl (C=O) groups is 3. The lowest BCUT2D eigenvalue weighted by Crippen LogP contribution is -2.70. The molecule has 37 heavy (non-hydrogen) atoms.